The number of hydrogen-bond donors (Lipinski definition) is 2. The predicted molar refractivity (Wildman–Crippen MR) is 114 cm³/mol. The molecular formula is C21H33N3O5S. The van der Waals surface area contributed by atoms with E-state index >= 15 is 0 Å². The molecule has 1 amide bonds. The average Bonchev–Trinajstić information content (AvgIpc) is 2.65. The Labute approximate surface area is 179 Å². The molecule has 8 nitrogen and oxygen atoms in total. The van der Waals surface area contributed by atoms with Crippen molar-refractivity contribution in [3.63, 3.8) is 0 Å². The molecule has 30 heavy (non-hydrogen) atoms. The van der Waals surface area contributed by atoms with Gasteiger partial charge in [0.1, 0.15) is 10.6 Å². The molecule has 2 N–H and O–H groups in total. The van der Waals surface area contributed by atoms with E-state index in [2.05, 4.69) is 38.3 Å². The van der Waals surface area contributed by atoms with Crippen LogP contribution in [0, 0.1) is 0 Å². The van der Waals surface area contributed by atoms with E-state index in [4.69, 9.17) is 9.47 Å². The molecule has 2 aliphatic rings. The topological polar surface area (TPSA) is 97.0 Å². The highest BCUT2D eigenvalue weighted by atomic mass is 32.2. The van der Waals surface area contributed by atoms with Gasteiger partial charge in [0.15, 0.2) is 0 Å². The van der Waals surface area contributed by atoms with Gasteiger partial charge < -0.3 is 20.1 Å². The Morgan fingerprint density at radius 1 is 1.17 bits per heavy atom. The van der Waals surface area contributed by atoms with Crippen LogP contribution in [0.3, 0.4) is 0 Å². The largest absolute Gasteiger partial charge is 0.495 e. The zero-order chi connectivity index (χ0) is 22.2. The summed E-state index contributed by atoms with van der Waals surface area (Å²) in [6, 6.07) is 4.55. The third-order valence-corrected chi connectivity index (χ3v) is 7.46. The normalized spacial score (nSPS) is 22.4. The van der Waals surface area contributed by atoms with Crippen LogP contribution in [-0.4, -0.2) is 69.2 Å². The maximum Gasteiger partial charge on any atom is 0.251 e. The maximum absolute atomic E-state index is 13.2. The van der Waals surface area contributed by atoms with Gasteiger partial charge in [-0.1, -0.05) is 0 Å². The number of piperidine rings is 1. The second-order valence-corrected chi connectivity index (χ2v) is 11.3. The summed E-state index contributed by atoms with van der Waals surface area (Å²) in [5.41, 5.74) is 0.0892. The number of morpholine rings is 1. The number of hydrogen-bond acceptors (Lipinski definition) is 6. The predicted octanol–water partition coefficient (Wildman–Crippen LogP) is 1.76. The lowest BCUT2D eigenvalue weighted by Crippen LogP contribution is -2.62. The summed E-state index contributed by atoms with van der Waals surface area (Å²) < 4.78 is 38.2. The lowest BCUT2D eigenvalue weighted by atomic mass is 9.79. The fourth-order valence-corrected chi connectivity index (χ4v) is 6.23. The number of methoxy groups -OCH3 is 1. The quantitative estimate of drug-likeness (QED) is 0.726. The molecular weight excluding hydrogens is 406 g/mol. The van der Waals surface area contributed by atoms with E-state index in [0.717, 1.165) is 12.8 Å². The standard InChI is InChI=1S/C21H33N3O5S/c1-20(2)13-16(14-21(3,4)23-20)22-19(25)15-6-7-17(28-5)18(12-15)30(26,27)24-8-10-29-11-9-24/h6-7,12,16,23H,8-11,13-14H2,1-5H3,(H,22,25). The molecule has 0 aromatic heterocycles. The fraction of sp³-hybridized carbons (Fsp3) is 0.667. The van der Waals surface area contributed by atoms with Crippen molar-refractivity contribution in [2.75, 3.05) is 33.4 Å². The molecule has 168 valence electrons. The SMILES string of the molecule is COc1ccc(C(=O)NC2CC(C)(C)NC(C)(C)C2)cc1S(=O)(=O)N1CCOCC1. The molecule has 0 unspecified atom stereocenters. The molecule has 2 fully saturated rings. The lowest BCUT2D eigenvalue weighted by molar-refractivity contribution is 0.0729. The molecule has 2 saturated heterocycles. The summed E-state index contributed by atoms with van der Waals surface area (Å²) in [6.07, 6.45) is 1.58. The van der Waals surface area contributed by atoms with Gasteiger partial charge in [0.05, 0.1) is 20.3 Å². The van der Waals surface area contributed by atoms with E-state index in [0.29, 0.717) is 18.8 Å². The number of benzene rings is 1. The highest BCUT2D eigenvalue weighted by molar-refractivity contribution is 7.89. The van der Waals surface area contributed by atoms with Crippen molar-refractivity contribution >= 4 is 15.9 Å². The molecule has 0 saturated carbocycles. The average molecular weight is 440 g/mol. The summed E-state index contributed by atoms with van der Waals surface area (Å²) in [5.74, 6) is -0.0586. The number of nitrogens with one attached hydrogen (secondary N) is 2. The van der Waals surface area contributed by atoms with Gasteiger partial charge in [-0.25, -0.2) is 8.42 Å². The van der Waals surface area contributed by atoms with Gasteiger partial charge in [-0.3, -0.25) is 4.79 Å². The Hall–Kier alpha value is -1.68. The van der Waals surface area contributed by atoms with Crippen LogP contribution in [0.2, 0.25) is 0 Å². The van der Waals surface area contributed by atoms with Crippen LogP contribution in [0.25, 0.3) is 0 Å². The molecule has 2 aliphatic heterocycles. The van der Waals surface area contributed by atoms with Gasteiger partial charge in [0, 0.05) is 35.8 Å². The number of ether oxygens (including phenoxy) is 2. The number of carbonyl (C=O) groups excluding carboxylic acids is 1. The van der Waals surface area contributed by atoms with Crippen LogP contribution < -0.4 is 15.4 Å². The summed E-state index contributed by atoms with van der Waals surface area (Å²) >= 11 is 0. The number of amides is 1. The molecule has 2 heterocycles. The van der Waals surface area contributed by atoms with E-state index in [9.17, 15) is 13.2 Å². The molecule has 0 radical (unpaired) electrons. The molecule has 1 aromatic rings. The van der Waals surface area contributed by atoms with E-state index in [1.807, 2.05) is 0 Å². The zero-order valence-corrected chi connectivity index (χ0v) is 19.3. The first-order chi connectivity index (χ1) is 13.9. The third kappa shape index (κ3) is 5.14. The van der Waals surface area contributed by atoms with Crippen molar-refractivity contribution in [3.05, 3.63) is 23.8 Å². The summed E-state index contributed by atoms with van der Waals surface area (Å²) in [7, 11) is -2.37. The van der Waals surface area contributed by atoms with Crippen LogP contribution in [0.4, 0.5) is 0 Å². The summed E-state index contributed by atoms with van der Waals surface area (Å²) in [4.78, 5) is 13.0. The van der Waals surface area contributed by atoms with Crippen molar-refractivity contribution in [2.45, 2.75) is 62.6 Å². The lowest BCUT2D eigenvalue weighted by Gasteiger charge is -2.46. The van der Waals surface area contributed by atoms with Gasteiger partial charge in [-0.2, -0.15) is 4.31 Å². The van der Waals surface area contributed by atoms with Gasteiger partial charge in [-0.05, 0) is 58.7 Å². The summed E-state index contributed by atoms with van der Waals surface area (Å²) in [5, 5.41) is 6.69. The van der Waals surface area contributed by atoms with Crippen molar-refractivity contribution < 1.29 is 22.7 Å². The number of carbonyl (C=O) groups is 1. The second-order valence-electron chi connectivity index (χ2n) is 9.35. The Morgan fingerprint density at radius 2 is 1.77 bits per heavy atom. The van der Waals surface area contributed by atoms with E-state index in [1.165, 1.54) is 17.5 Å². The third-order valence-electron chi connectivity index (χ3n) is 5.54. The Balaban J connectivity index is 1.84. The highest BCUT2D eigenvalue weighted by Crippen LogP contribution is 2.30. The van der Waals surface area contributed by atoms with Gasteiger partial charge in [0.2, 0.25) is 10.0 Å². The molecule has 3 rings (SSSR count). The second kappa shape index (κ2) is 8.45. The van der Waals surface area contributed by atoms with Crippen molar-refractivity contribution in [1.82, 2.24) is 14.9 Å². The number of nitrogens with zero attached hydrogens (tertiary/aromatic N) is 1. The first-order valence-corrected chi connectivity index (χ1v) is 11.7. The van der Waals surface area contributed by atoms with Crippen molar-refractivity contribution in [3.8, 4) is 5.75 Å². The van der Waals surface area contributed by atoms with Crippen LogP contribution in [-0.2, 0) is 14.8 Å². The smallest absolute Gasteiger partial charge is 0.251 e. The minimum Gasteiger partial charge on any atom is -0.495 e. The number of rotatable bonds is 5. The molecule has 0 atom stereocenters. The van der Waals surface area contributed by atoms with Gasteiger partial charge in [-0.15, -0.1) is 0 Å². The van der Waals surface area contributed by atoms with Gasteiger partial charge in [0.25, 0.3) is 5.91 Å². The fourth-order valence-electron chi connectivity index (χ4n) is 4.64. The van der Waals surface area contributed by atoms with Crippen molar-refractivity contribution in [2.24, 2.45) is 0 Å². The minimum atomic E-state index is -3.79. The first-order valence-electron chi connectivity index (χ1n) is 10.3. The van der Waals surface area contributed by atoms with E-state index < -0.39 is 10.0 Å². The molecule has 9 heteroatoms. The van der Waals surface area contributed by atoms with Crippen LogP contribution in [0.1, 0.15) is 50.9 Å². The first kappa shape index (κ1) is 23.0. The molecule has 0 bridgehead atoms. The number of sulfonamides is 1. The van der Waals surface area contributed by atoms with E-state index in [1.54, 1.807) is 12.1 Å². The zero-order valence-electron chi connectivity index (χ0n) is 18.4. The molecule has 0 aliphatic carbocycles. The Kier molecular flexibility index (Phi) is 6.48. The van der Waals surface area contributed by atoms with Crippen LogP contribution >= 0.6 is 0 Å². The highest BCUT2D eigenvalue weighted by Gasteiger charge is 2.38. The summed E-state index contributed by atoms with van der Waals surface area (Å²) in [6.45, 7) is 9.73. The van der Waals surface area contributed by atoms with Crippen LogP contribution in [0.15, 0.2) is 23.1 Å². The Morgan fingerprint density at radius 3 is 2.33 bits per heavy atom. The van der Waals surface area contributed by atoms with Crippen molar-refractivity contribution in [1.29, 1.82) is 0 Å². The Bertz CT molecular complexity index is 876. The maximum atomic E-state index is 13.2. The molecule has 1 aromatic carbocycles. The van der Waals surface area contributed by atoms with E-state index in [-0.39, 0.29) is 46.8 Å². The van der Waals surface area contributed by atoms with Crippen LogP contribution in [0.5, 0.6) is 5.75 Å². The monoisotopic (exact) mass is 439 g/mol. The van der Waals surface area contributed by atoms with Gasteiger partial charge >= 0.3 is 0 Å². The minimum absolute atomic E-state index is 0.00511. The molecule has 0 spiro atoms.